The highest BCUT2D eigenvalue weighted by molar-refractivity contribution is 5.94. The molecule has 2 rings (SSSR count). The Bertz CT molecular complexity index is 807. The van der Waals surface area contributed by atoms with Gasteiger partial charge in [0.2, 0.25) is 0 Å². The van der Waals surface area contributed by atoms with Crippen molar-refractivity contribution in [2.75, 3.05) is 7.05 Å². The van der Waals surface area contributed by atoms with Gasteiger partial charge in [-0.15, -0.1) is 10.2 Å². The Kier molecular flexibility index (Phi) is 5.60. The van der Waals surface area contributed by atoms with Crippen LogP contribution < -0.4 is 0 Å². The number of aliphatic hydroxyl groups is 1. The van der Waals surface area contributed by atoms with E-state index in [0.717, 1.165) is 5.82 Å². The lowest BCUT2D eigenvalue weighted by Gasteiger charge is -2.18. The standard InChI is InChI=1S/C19H24N4O2/c1-14(2)23-13-20-21-17(23)12-22(5)18(24)16-8-6-7-15(11-16)9-10-19(3,4)25/h6-8,11,13-14,25H,12H2,1-5H3. The molecule has 132 valence electrons. The maximum atomic E-state index is 12.7. The zero-order valence-corrected chi connectivity index (χ0v) is 15.3. The highest BCUT2D eigenvalue weighted by atomic mass is 16.3. The van der Waals surface area contributed by atoms with E-state index in [9.17, 15) is 9.90 Å². The Balaban J connectivity index is 2.16. The topological polar surface area (TPSA) is 71.2 Å². The van der Waals surface area contributed by atoms with Gasteiger partial charge in [0, 0.05) is 24.2 Å². The lowest BCUT2D eigenvalue weighted by Crippen LogP contribution is -2.28. The number of benzene rings is 1. The first kappa shape index (κ1) is 18.7. The molecule has 1 amide bonds. The van der Waals surface area contributed by atoms with E-state index in [2.05, 4.69) is 22.0 Å². The van der Waals surface area contributed by atoms with Gasteiger partial charge in [-0.25, -0.2) is 0 Å². The van der Waals surface area contributed by atoms with Gasteiger partial charge in [0.25, 0.3) is 5.91 Å². The predicted molar refractivity (Wildman–Crippen MR) is 95.8 cm³/mol. The summed E-state index contributed by atoms with van der Waals surface area (Å²) in [5.74, 6) is 6.26. The quantitative estimate of drug-likeness (QED) is 0.867. The van der Waals surface area contributed by atoms with Crippen LogP contribution in [0.15, 0.2) is 30.6 Å². The number of carbonyl (C=O) groups is 1. The van der Waals surface area contributed by atoms with Crippen LogP contribution in [0, 0.1) is 11.8 Å². The van der Waals surface area contributed by atoms with Gasteiger partial charge in [-0.1, -0.05) is 17.9 Å². The Hall–Kier alpha value is -2.65. The molecule has 1 N–H and O–H groups in total. The minimum Gasteiger partial charge on any atom is -0.378 e. The number of amides is 1. The summed E-state index contributed by atoms with van der Waals surface area (Å²) in [6, 6.07) is 7.30. The van der Waals surface area contributed by atoms with Crippen molar-refractivity contribution in [3.63, 3.8) is 0 Å². The van der Waals surface area contributed by atoms with E-state index in [1.807, 2.05) is 24.5 Å². The third kappa shape index (κ3) is 5.16. The van der Waals surface area contributed by atoms with Gasteiger partial charge in [0.15, 0.2) is 5.82 Å². The van der Waals surface area contributed by atoms with Gasteiger partial charge in [0.1, 0.15) is 11.9 Å². The molecule has 0 aliphatic heterocycles. The summed E-state index contributed by atoms with van der Waals surface area (Å²) in [7, 11) is 1.73. The van der Waals surface area contributed by atoms with Crippen molar-refractivity contribution in [1.29, 1.82) is 0 Å². The Morgan fingerprint density at radius 2 is 2.12 bits per heavy atom. The highest BCUT2D eigenvalue weighted by Gasteiger charge is 2.16. The maximum absolute atomic E-state index is 12.7. The Morgan fingerprint density at radius 3 is 2.76 bits per heavy atom. The number of carbonyl (C=O) groups excluding carboxylic acids is 1. The van der Waals surface area contributed by atoms with E-state index < -0.39 is 5.60 Å². The molecule has 0 aliphatic carbocycles. The van der Waals surface area contributed by atoms with Gasteiger partial charge >= 0.3 is 0 Å². The number of nitrogens with zero attached hydrogens (tertiary/aromatic N) is 4. The van der Waals surface area contributed by atoms with Crippen LogP contribution in [-0.4, -0.2) is 43.3 Å². The third-order valence-electron chi connectivity index (χ3n) is 3.55. The first-order chi connectivity index (χ1) is 11.7. The molecular formula is C19H24N4O2. The number of hydrogen-bond acceptors (Lipinski definition) is 4. The van der Waals surface area contributed by atoms with E-state index in [-0.39, 0.29) is 11.9 Å². The second-order valence-electron chi connectivity index (χ2n) is 6.80. The van der Waals surface area contributed by atoms with E-state index in [4.69, 9.17) is 0 Å². The first-order valence-electron chi connectivity index (χ1n) is 8.17. The molecule has 0 saturated carbocycles. The summed E-state index contributed by atoms with van der Waals surface area (Å²) in [5, 5.41) is 17.7. The molecule has 0 bridgehead atoms. The molecule has 0 radical (unpaired) electrons. The van der Waals surface area contributed by atoms with E-state index >= 15 is 0 Å². The van der Waals surface area contributed by atoms with Gasteiger partial charge in [-0.2, -0.15) is 0 Å². The van der Waals surface area contributed by atoms with Gasteiger partial charge in [-0.05, 0) is 45.9 Å². The number of hydrogen-bond donors (Lipinski definition) is 1. The fraction of sp³-hybridized carbons (Fsp3) is 0.421. The van der Waals surface area contributed by atoms with Gasteiger partial charge < -0.3 is 14.6 Å². The zero-order valence-electron chi connectivity index (χ0n) is 15.3. The lowest BCUT2D eigenvalue weighted by molar-refractivity contribution is 0.0779. The molecule has 1 heterocycles. The summed E-state index contributed by atoms with van der Waals surface area (Å²) in [6.45, 7) is 7.69. The number of rotatable bonds is 4. The summed E-state index contributed by atoms with van der Waals surface area (Å²) in [5.41, 5.74) is 0.157. The van der Waals surface area contributed by atoms with Crippen LogP contribution in [0.5, 0.6) is 0 Å². The van der Waals surface area contributed by atoms with Gasteiger partial charge in [-0.3, -0.25) is 4.79 Å². The second kappa shape index (κ2) is 7.49. The molecule has 1 aromatic carbocycles. The van der Waals surface area contributed by atoms with Crippen molar-refractivity contribution in [2.45, 2.75) is 45.9 Å². The number of aromatic nitrogens is 3. The fourth-order valence-electron chi connectivity index (χ4n) is 2.27. The van der Waals surface area contributed by atoms with E-state index in [0.29, 0.717) is 17.7 Å². The molecular weight excluding hydrogens is 316 g/mol. The molecule has 0 spiro atoms. The van der Waals surface area contributed by atoms with Crippen LogP contribution in [0.2, 0.25) is 0 Å². The molecule has 0 aliphatic rings. The first-order valence-corrected chi connectivity index (χ1v) is 8.17. The Morgan fingerprint density at radius 1 is 1.40 bits per heavy atom. The molecule has 0 saturated heterocycles. The third-order valence-corrected chi connectivity index (χ3v) is 3.55. The maximum Gasteiger partial charge on any atom is 0.254 e. The van der Waals surface area contributed by atoms with Gasteiger partial charge in [0.05, 0.1) is 6.54 Å². The zero-order chi connectivity index (χ0) is 18.6. The summed E-state index contributed by atoms with van der Waals surface area (Å²) in [4.78, 5) is 14.3. The largest absolute Gasteiger partial charge is 0.378 e. The normalized spacial score (nSPS) is 11.2. The van der Waals surface area contributed by atoms with Crippen molar-refractivity contribution in [1.82, 2.24) is 19.7 Å². The molecule has 6 nitrogen and oxygen atoms in total. The lowest BCUT2D eigenvalue weighted by atomic mass is 10.1. The molecule has 0 atom stereocenters. The van der Waals surface area contributed by atoms with Crippen molar-refractivity contribution in [3.05, 3.63) is 47.5 Å². The minimum absolute atomic E-state index is 0.120. The van der Waals surface area contributed by atoms with Crippen molar-refractivity contribution < 1.29 is 9.90 Å². The van der Waals surface area contributed by atoms with Crippen LogP contribution in [0.3, 0.4) is 0 Å². The van der Waals surface area contributed by atoms with Crippen molar-refractivity contribution >= 4 is 5.91 Å². The summed E-state index contributed by atoms with van der Waals surface area (Å²) >= 11 is 0. The molecule has 2 aromatic rings. The average Bonchev–Trinajstić information content (AvgIpc) is 3.00. The van der Waals surface area contributed by atoms with Crippen LogP contribution in [0.1, 0.15) is 55.5 Å². The van der Waals surface area contributed by atoms with Crippen LogP contribution >= 0.6 is 0 Å². The van der Waals surface area contributed by atoms with Crippen LogP contribution in [0.4, 0.5) is 0 Å². The average molecular weight is 340 g/mol. The van der Waals surface area contributed by atoms with Crippen LogP contribution in [-0.2, 0) is 6.54 Å². The van der Waals surface area contributed by atoms with Crippen molar-refractivity contribution in [2.24, 2.45) is 0 Å². The SMILES string of the molecule is CC(C)n1cnnc1CN(C)C(=O)c1cccc(C#CC(C)(C)O)c1. The summed E-state index contributed by atoms with van der Waals surface area (Å²) < 4.78 is 1.94. The fourth-order valence-corrected chi connectivity index (χ4v) is 2.27. The summed E-state index contributed by atoms with van der Waals surface area (Å²) in [6.07, 6.45) is 1.67. The molecule has 0 fully saturated rings. The Labute approximate surface area is 148 Å². The smallest absolute Gasteiger partial charge is 0.254 e. The monoisotopic (exact) mass is 340 g/mol. The van der Waals surface area contributed by atoms with Crippen molar-refractivity contribution in [3.8, 4) is 11.8 Å². The minimum atomic E-state index is -1.07. The highest BCUT2D eigenvalue weighted by Crippen LogP contribution is 2.12. The molecule has 25 heavy (non-hydrogen) atoms. The molecule has 1 aromatic heterocycles. The second-order valence-corrected chi connectivity index (χ2v) is 6.80. The predicted octanol–water partition coefficient (Wildman–Crippen LogP) is 2.25. The molecule has 0 unspecified atom stereocenters. The van der Waals surface area contributed by atoms with E-state index in [1.165, 1.54) is 0 Å². The van der Waals surface area contributed by atoms with E-state index in [1.54, 1.807) is 50.3 Å². The van der Waals surface area contributed by atoms with Crippen LogP contribution in [0.25, 0.3) is 0 Å². The molecule has 6 heteroatoms.